The average molecular weight is 383 g/mol. The standard InChI is InChI=1S/C20H21N3O3S/c1-25-17-6-5-14(10-18(17)26-2)11-22-19(24)7-8-20-23-16(13-27-20)15-4-3-9-21-12-15/h3-6,9-10,12-13H,7-8,11H2,1-2H3,(H,22,24). The van der Waals surface area contributed by atoms with Crippen LogP contribution in [0.2, 0.25) is 0 Å². The van der Waals surface area contributed by atoms with E-state index in [4.69, 9.17) is 9.47 Å². The van der Waals surface area contributed by atoms with Gasteiger partial charge >= 0.3 is 0 Å². The lowest BCUT2D eigenvalue weighted by molar-refractivity contribution is -0.121. The van der Waals surface area contributed by atoms with Gasteiger partial charge in [-0.25, -0.2) is 4.98 Å². The van der Waals surface area contributed by atoms with Crippen LogP contribution >= 0.6 is 11.3 Å². The molecule has 0 unspecified atom stereocenters. The molecule has 0 aliphatic carbocycles. The first-order valence-electron chi connectivity index (χ1n) is 8.52. The summed E-state index contributed by atoms with van der Waals surface area (Å²) in [5.41, 5.74) is 2.83. The number of amides is 1. The summed E-state index contributed by atoms with van der Waals surface area (Å²) in [6.07, 6.45) is 4.53. The van der Waals surface area contributed by atoms with Crippen molar-refractivity contribution in [1.29, 1.82) is 0 Å². The zero-order valence-electron chi connectivity index (χ0n) is 15.3. The lowest BCUT2D eigenvalue weighted by atomic mass is 10.2. The molecule has 0 aliphatic heterocycles. The number of hydrogen-bond donors (Lipinski definition) is 1. The predicted octanol–water partition coefficient (Wildman–Crippen LogP) is 3.47. The van der Waals surface area contributed by atoms with Gasteiger partial charge in [0.2, 0.25) is 5.91 Å². The highest BCUT2D eigenvalue weighted by atomic mass is 32.1. The van der Waals surface area contributed by atoms with Crippen molar-refractivity contribution in [2.45, 2.75) is 19.4 Å². The third-order valence-electron chi connectivity index (χ3n) is 4.01. The minimum Gasteiger partial charge on any atom is -0.493 e. The number of methoxy groups -OCH3 is 2. The van der Waals surface area contributed by atoms with Crippen LogP contribution in [-0.2, 0) is 17.8 Å². The summed E-state index contributed by atoms with van der Waals surface area (Å²) >= 11 is 1.56. The summed E-state index contributed by atoms with van der Waals surface area (Å²) < 4.78 is 10.5. The number of carbonyl (C=O) groups is 1. The number of thiazole rings is 1. The number of aromatic nitrogens is 2. The second kappa shape index (κ2) is 9.14. The van der Waals surface area contributed by atoms with Crippen LogP contribution in [-0.4, -0.2) is 30.1 Å². The fraction of sp³-hybridized carbons (Fsp3) is 0.250. The SMILES string of the molecule is COc1ccc(CNC(=O)CCc2nc(-c3cccnc3)cs2)cc1OC. The van der Waals surface area contributed by atoms with Crippen LogP contribution < -0.4 is 14.8 Å². The van der Waals surface area contributed by atoms with Crippen molar-refractivity contribution in [3.05, 3.63) is 58.7 Å². The van der Waals surface area contributed by atoms with Gasteiger partial charge in [-0.15, -0.1) is 11.3 Å². The van der Waals surface area contributed by atoms with Gasteiger partial charge < -0.3 is 14.8 Å². The fourth-order valence-electron chi connectivity index (χ4n) is 2.57. The summed E-state index contributed by atoms with van der Waals surface area (Å²) in [6.45, 7) is 0.442. The number of carbonyl (C=O) groups excluding carboxylic acids is 1. The lowest BCUT2D eigenvalue weighted by Crippen LogP contribution is -2.23. The molecule has 1 aromatic carbocycles. The van der Waals surface area contributed by atoms with Crippen molar-refractivity contribution < 1.29 is 14.3 Å². The first-order valence-corrected chi connectivity index (χ1v) is 9.40. The minimum atomic E-state index is -0.0112. The molecule has 27 heavy (non-hydrogen) atoms. The van der Waals surface area contributed by atoms with E-state index in [1.54, 1.807) is 38.0 Å². The van der Waals surface area contributed by atoms with Gasteiger partial charge in [-0.2, -0.15) is 0 Å². The Bertz CT molecular complexity index is 896. The maximum absolute atomic E-state index is 12.1. The van der Waals surface area contributed by atoms with E-state index in [9.17, 15) is 4.79 Å². The van der Waals surface area contributed by atoms with E-state index in [0.29, 0.717) is 30.9 Å². The van der Waals surface area contributed by atoms with Crippen LogP contribution in [0.1, 0.15) is 17.0 Å². The van der Waals surface area contributed by atoms with E-state index >= 15 is 0 Å². The van der Waals surface area contributed by atoms with Gasteiger partial charge in [-0.1, -0.05) is 6.07 Å². The molecule has 0 saturated carbocycles. The van der Waals surface area contributed by atoms with Crippen molar-refractivity contribution in [2.75, 3.05) is 14.2 Å². The maximum Gasteiger partial charge on any atom is 0.220 e. The summed E-state index contributed by atoms with van der Waals surface area (Å²) in [6, 6.07) is 9.45. The summed E-state index contributed by atoms with van der Waals surface area (Å²) in [7, 11) is 3.19. The third kappa shape index (κ3) is 5.04. The Balaban J connectivity index is 1.50. The molecule has 7 heteroatoms. The van der Waals surface area contributed by atoms with Crippen LogP contribution in [0, 0.1) is 0 Å². The van der Waals surface area contributed by atoms with Gasteiger partial charge in [0.1, 0.15) is 0 Å². The number of rotatable bonds is 8. The van der Waals surface area contributed by atoms with Gasteiger partial charge in [0.15, 0.2) is 11.5 Å². The molecule has 6 nitrogen and oxygen atoms in total. The third-order valence-corrected chi connectivity index (χ3v) is 4.92. The minimum absolute atomic E-state index is 0.0112. The number of hydrogen-bond acceptors (Lipinski definition) is 6. The average Bonchev–Trinajstić information content (AvgIpc) is 3.20. The highest BCUT2D eigenvalue weighted by Crippen LogP contribution is 2.27. The number of benzene rings is 1. The number of nitrogens with zero attached hydrogens (tertiary/aromatic N) is 2. The molecular weight excluding hydrogens is 362 g/mol. The molecule has 1 N–H and O–H groups in total. The predicted molar refractivity (Wildman–Crippen MR) is 105 cm³/mol. The van der Waals surface area contributed by atoms with E-state index in [0.717, 1.165) is 21.8 Å². The zero-order chi connectivity index (χ0) is 19.1. The van der Waals surface area contributed by atoms with E-state index in [1.807, 2.05) is 35.7 Å². The van der Waals surface area contributed by atoms with Gasteiger partial charge in [0, 0.05) is 42.7 Å². The number of ether oxygens (including phenoxy) is 2. The molecule has 3 aromatic rings. The van der Waals surface area contributed by atoms with Crippen LogP contribution in [0.5, 0.6) is 11.5 Å². The van der Waals surface area contributed by atoms with Crippen LogP contribution in [0.4, 0.5) is 0 Å². The smallest absolute Gasteiger partial charge is 0.220 e. The Hall–Kier alpha value is -2.93. The molecule has 0 bridgehead atoms. The van der Waals surface area contributed by atoms with E-state index in [2.05, 4.69) is 15.3 Å². The quantitative estimate of drug-likeness (QED) is 0.645. The van der Waals surface area contributed by atoms with Crippen LogP contribution in [0.15, 0.2) is 48.1 Å². The molecular formula is C20H21N3O3S. The van der Waals surface area contributed by atoms with E-state index in [-0.39, 0.29) is 5.91 Å². The summed E-state index contributed by atoms with van der Waals surface area (Å²) in [4.78, 5) is 20.8. The second-order valence-electron chi connectivity index (χ2n) is 5.83. The van der Waals surface area contributed by atoms with Crippen molar-refractivity contribution >= 4 is 17.2 Å². The molecule has 1 amide bonds. The van der Waals surface area contributed by atoms with Gasteiger partial charge in [-0.05, 0) is 29.8 Å². The monoisotopic (exact) mass is 383 g/mol. The molecule has 2 heterocycles. The molecule has 0 aliphatic rings. The molecule has 0 atom stereocenters. The van der Waals surface area contributed by atoms with Crippen molar-refractivity contribution in [2.24, 2.45) is 0 Å². The first-order chi connectivity index (χ1) is 13.2. The number of nitrogens with one attached hydrogen (secondary N) is 1. The molecule has 140 valence electrons. The van der Waals surface area contributed by atoms with Crippen molar-refractivity contribution in [1.82, 2.24) is 15.3 Å². The normalized spacial score (nSPS) is 10.4. The van der Waals surface area contributed by atoms with Gasteiger partial charge in [0.25, 0.3) is 0 Å². The Kier molecular flexibility index (Phi) is 6.38. The topological polar surface area (TPSA) is 73.3 Å². The maximum atomic E-state index is 12.1. The highest BCUT2D eigenvalue weighted by molar-refractivity contribution is 7.09. The molecule has 0 saturated heterocycles. The zero-order valence-corrected chi connectivity index (χ0v) is 16.1. The molecule has 2 aromatic heterocycles. The van der Waals surface area contributed by atoms with Gasteiger partial charge in [0.05, 0.1) is 24.9 Å². The Labute approximate surface area is 162 Å². The summed E-state index contributed by atoms with van der Waals surface area (Å²) in [5, 5.41) is 5.86. The highest BCUT2D eigenvalue weighted by Gasteiger charge is 2.09. The fourth-order valence-corrected chi connectivity index (χ4v) is 3.38. The largest absolute Gasteiger partial charge is 0.493 e. The van der Waals surface area contributed by atoms with E-state index in [1.165, 1.54) is 0 Å². The Morgan fingerprint density at radius 1 is 1.19 bits per heavy atom. The molecule has 0 spiro atoms. The molecule has 0 fully saturated rings. The van der Waals surface area contributed by atoms with Crippen LogP contribution in [0.3, 0.4) is 0 Å². The molecule has 0 radical (unpaired) electrons. The number of pyridine rings is 1. The Morgan fingerprint density at radius 2 is 2.04 bits per heavy atom. The summed E-state index contributed by atoms with van der Waals surface area (Å²) in [5.74, 6) is 1.30. The van der Waals surface area contributed by atoms with Crippen molar-refractivity contribution in [3.63, 3.8) is 0 Å². The lowest BCUT2D eigenvalue weighted by Gasteiger charge is -2.10. The van der Waals surface area contributed by atoms with Crippen molar-refractivity contribution in [3.8, 4) is 22.8 Å². The van der Waals surface area contributed by atoms with E-state index < -0.39 is 0 Å². The number of aryl methyl sites for hydroxylation is 1. The molecule has 3 rings (SSSR count). The Morgan fingerprint density at radius 3 is 2.78 bits per heavy atom. The first kappa shape index (κ1) is 18.8. The second-order valence-corrected chi connectivity index (χ2v) is 6.78. The van der Waals surface area contributed by atoms with Gasteiger partial charge in [-0.3, -0.25) is 9.78 Å². The van der Waals surface area contributed by atoms with Crippen LogP contribution in [0.25, 0.3) is 11.3 Å².